The topological polar surface area (TPSA) is 44.4 Å². The standard InChI is InChI=1S/C20H33N3O/c1-16-8-7-12-20(14-16,23(3)4)15-22-19(24)18-10-6-5-9-17(18)11-13-21-2/h5-6,9-10,16,21H,7-8,11-15H2,1-4H3,(H,22,24). The molecule has 4 heteroatoms. The molecule has 0 saturated heterocycles. The molecule has 2 rings (SSSR count). The molecule has 1 aliphatic carbocycles. The molecule has 0 bridgehead atoms. The highest BCUT2D eigenvalue weighted by Gasteiger charge is 2.37. The first-order chi connectivity index (χ1) is 11.5. The molecule has 134 valence electrons. The van der Waals surface area contributed by atoms with Gasteiger partial charge in [0.25, 0.3) is 5.91 Å². The van der Waals surface area contributed by atoms with Gasteiger partial charge in [0.1, 0.15) is 0 Å². The van der Waals surface area contributed by atoms with Gasteiger partial charge in [0.15, 0.2) is 0 Å². The lowest BCUT2D eigenvalue weighted by molar-refractivity contribution is 0.0674. The van der Waals surface area contributed by atoms with Crippen molar-refractivity contribution in [3.63, 3.8) is 0 Å². The van der Waals surface area contributed by atoms with Gasteiger partial charge in [-0.05, 0) is 64.5 Å². The predicted molar refractivity (Wildman–Crippen MR) is 100 cm³/mol. The van der Waals surface area contributed by atoms with Crippen molar-refractivity contribution in [2.75, 3.05) is 34.2 Å². The van der Waals surface area contributed by atoms with Gasteiger partial charge >= 0.3 is 0 Å². The van der Waals surface area contributed by atoms with E-state index in [0.29, 0.717) is 0 Å². The number of benzene rings is 1. The van der Waals surface area contributed by atoms with Crippen LogP contribution in [0.5, 0.6) is 0 Å². The molecule has 1 aliphatic rings. The van der Waals surface area contributed by atoms with E-state index in [1.54, 1.807) is 0 Å². The third-order valence-electron chi connectivity index (χ3n) is 5.50. The maximum absolute atomic E-state index is 12.8. The first-order valence-electron chi connectivity index (χ1n) is 9.16. The number of hydrogen-bond acceptors (Lipinski definition) is 3. The van der Waals surface area contributed by atoms with Crippen LogP contribution in [0.3, 0.4) is 0 Å². The van der Waals surface area contributed by atoms with Gasteiger partial charge in [0.05, 0.1) is 0 Å². The van der Waals surface area contributed by atoms with Crippen molar-refractivity contribution >= 4 is 5.91 Å². The quantitative estimate of drug-likeness (QED) is 0.807. The maximum atomic E-state index is 12.8. The predicted octanol–water partition coefficient (Wildman–Crippen LogP) is 2.69. The summed E-state index contributed by atoms with van der Waals surface area (Å²) in [5.74, 6) is 0.780. The fourth-order valence-corrected chi connectivity index (χ4v) is 3.92. The molecule has 1 aromatic rings. The van der Waals surface area contributed by atoms with E-state index in [0.717, 1.165) is 49.4 Å². The third-order valence-corrected chi connectivity index (χ3v) is 5.50. The van der Waals surface area contributed by atoms with Crippen LogP contribution in [-0.2, 0) is 6.42 Å². The summed E-state index contributed by atoms with van der Waals surface area (Å²) in [5.41, 5.74) is 2.01. The Labute approximate surface area is 147 Å². The van der Waals surface area contributed by atoms with Gasteiger partial charge in [-0.2, -0.15) is 0 Å². The number of carbonyl (C=O) groups excluding carboxylic acids is 1. The van der Waals surface area contributed by atoms with Crippen molar-refractivity contribution in [2.45, 2.75) is 44.6 Å². The maximum Gasteiger partial charge on any atom is 0.251 e. The Morgan fingerprint density at radius 1 is 1.33 bits per heavy atom. The molecule has 24 heavy (non-hydrogen) atoms. The Bertz CT molecular complexity index is 543. The number of nitrogens with zero attached hydrogens (tertiary/aromatic N) is 1. The van der Waals surface area contributed by atoms with Crippen LogP contribution in [-0.4, -0.2) is 50.6 Å². The molecule has 0 spiro atoms. The Morgan fingerprint density at radius 2 is 2.08 bits per heavy atom. The number of carbonyl (C=O) groups is 1. The number of hydrogen-bond donors (Lipinski definition) is 2. The van der Waals surface area contributed by atoms with Crippen molar-refractivity contribution in [1.29, 1.82) is 0 Å². The van der Waals surface area contributed by atoms with Crippen LogP contribution < -0.4 is 10.6 Å². The van der Waals surface area contributed by atoms with Crippen LogP contribution in [0, 0.1) is 5.92 Å². The minimum Gasteiger partial charge on any atom is -0.350 e. The molecule has 0 aliphatic heterocycles. The van der Waals surface area contributed by atoms with E-state index in [1.165, 1.54) is 12.8 Å². The summed E-state index contributed by atoms with van der Waals surface area (Å²) >= 11 is 0. The van der Waals surface area contributed by atoms with Crippen LogP contribution in [0.25, 0.3) is 0 Å². The van der Waals surface area contributed by atoms with Crippen LogP contribution in [0.15, 0.2) is 24.3 Å². The average molecular weight is 332 g/mol. The number of likely N-dealkylation sites (N-methyl/N-ethyl adjacent to an activating group) is 2. The monoisotopic (exact) mass is 331 g/mol. The normalized spacial score (nSPS) is 24.1. The van der Waals surface area contributed by atoms with Crippen molar-refractivity contribution < 1.29 is 4.79 Å². The fraction of sp³-hybridized carbons (Fsp3) is 0.650. The summed E-state index contributed by atoms with van der Waals surface area (Å²) in [6.07, 6.45) is 5.73. The molecule has 2 atom stereocenters. The summed E-state index contributed by atoms with van der Waals surface area (Å²) in [5, 5.41) is 6.38. The van der Waals surface area contributed by atoms with Crippen molar-refractivity contribution in [3.8, 4) is 0 Å². The molecular weight excluding hydrogens is 298 g/mol. The van der Waals surface area contributed by atoms with E-state index in [9.17, 15) is 4.79 Å². The largest absolute Gasteiger partial charge is 0.350 e. The fourth-order valence-electron chi connectivity index (χ4n) is 3.92. The van der Waals surface area contributed by atoms with E-state index >= 15 is 0 Å². The number of rotatable bonds is 7. The van der Waals surface area contributed by atoms with Crippen molar-refractivity contribution in [1.82, 2.24) is 15.5 Å². The molecule has 2 unspecified atom stereocenters. The Morgan fingerprint density at radius 3 is 2.75 bits per heavy atom. The SMILES string of the molecule is CNCCc1ccccc1C(=O)NCC1(N(C)C)CCCC(C)C1. The van der Waals surface area contributed by atoms with Crippen molar-refractivity contribution in [2.24, 2.45) is 5.92 Å². The van der Waals surface area contributed by atoms with Gasteiger partial charge in [0.2, 0.25) is 0 Å². The Kier molecular flexibility index (Phi) is 6.81. The number of amides is 1. The first kappa shape index (κ1) is 18.9. The summed E-state index contributed by atoms with van der Waals surface area (Å²) < 4.78 is 0. The second-order valence-corrected chi connectivity index (χ2v) is 7.51. The van der Waals surface area contributed by atoms with Gasteiger partial charge in [-0.1, -0.05) is 38.0 Å². The van der Waals surface area contributed by atoms with E-state index in [2.05, 4.69) is 42.6 Å². The van der Waals surface area contributed by atoms with Crippen LogP contribution in [0.1, 0.15) is 48.5 Å². The lowest BCUT2D eigenvalue weighted by Crippen LogP contribution is -2.55. The zero-order chi connectivity index (χ0) is 17.6. The summed E-state index contributed by atoms with van der Waals surface area (Å²) in [6.45, 7) is 3.93. The molecule has 2 N–H and O–H groups in total. The highest BCUT2D eigenvalue weighted by Crippen LogP contribution is 2.35. The molecule has 1 saturated carbocycles. The number of nitrogens with one attached hydrogen (secondary N) is 2. The van der Waals surface area contributed by atoms with Crippen LogP contribution >= 0.6 is 0 Å². The molecular formula is C20H33N3O. The van der Waals surface area contributed by atoms with Crippen LogP contribution in [0.4, 0.5) is 0 Å². The molecule has 1 amide bonds. The molecule has 0 aromatic heterocycles. The van der Waals surface area contributed by atoms with Crippen LogP contribution in [0.2, 0.25) is 0 Å². The summed E-state index contributed by atoms with van der Waals surface area (Å²) in [6, 6.07) is 7.94. The Balaban J connectivity index is 2.06. The van der Waals surface area contributed by atoms with E-state index in [4.69, 9.17) is 0 Å². The highest BCUT2D eigenvalue weighted by atomic mass is 16.1. The molecule has 4 nitrogen and oxygen atoms in total. The van der Waals surface area contributed by atoms with Crippen molar-refractivity contribution in [3.05, 3.63) is 35.4 Å². The van der Waals surface area contributed by atoms with Gasteiger partial charge < -0.3 is 15.5 Å². The summed E-state index contributed by atoms with van der Waals surface area (Å²) in [7, 11) is 6.23. The lowest BCUT2D eigenvalue weighted by atomic mass is 9.75. The average Bonchev–Trinajstić information content (AvgIpc) is 2.58. The minimum atomic E-state index is 0.0566. The van der Waals surface area contributed by atoms with Gasteiger partial charge in [0, 0.05) is 17.6 Å². The lowest BCUT2D eigenvalue weighted by Gasteiger charge is -2.45. The second-order valence-electron chi connectivity index (χ2n) is 7.51. The zero-order valence-corrected chi connectivity index (χ0v) is 15.7. The highest BCUT2D eigenvalue weighted by molar-refractivity contribution is 5.95. The minimum absolute atomic E-state index is 0.0566. The third kappa shape index (κ3) is 4.58. The summed E-state index contributed by atoms with van der Waals surface area (Å²) in [4.78, 5) is 15.1. The molecule has 0 heterocycles. The molecule has 1 fully saturated rings. The Hall–Kier alpha value is -1.39. The van der Waals surface area contributed by atoms with Gasteiger partial charge in [-0.25, -0.2) is 0 Å². The molecule has 0 radical (unpaired) electrons. The van der Waals surface area contributed by atoms with E-state index < -0.39 is 0 Å². The zero-order valence-electron chi connectivity index (χ0n) is 15.7. The van der Waals surface area contributed by atoms with Gasteiger partial charge in [-0.15, -0.1) is 0 Å². The van der Waals surface area contributed by atoms with Gasteiger partial charge in [-0.3, -0.25) is 4.79 Å². The smallest absolute Gasteiger partial charge is 0.251 e. The van der Waals surface area contributed by atoms with E-state index in [1.807, 2.05) is 25.2 Å². The molecule has 1 aromatic carbocycles. The van der Waals surface area contributed by atoms with E-state index in [-0.39, 0.29) is 11.4 Å². The first-order valence-corrected chi connectivity index (χ1v) is 9.16. The second kappa shape index (κ2) is 8.63.